The lowest BCUT2D eigenvalue weighted by Gasteiger charge is -2.07. The van der Waals surface area contributed by atoms with Crippen LogP contribution in [0.4, 0.5) is 5.69 Å². The molecule has 4 heteroatoms. The fourth-order valence-electron chi connectivity index (χ4n) is 1.51. The van der Waals surface area contributed by atoms with E-state index in [0.717, 1.165) is 32.3 Å². The van der Waals surface area contributed by atoms with Crippen molar-refractivity contribution in [3.8, 4) is 0 Å². The van der Waals surface area contributed by atoms with Gasteiger partial charge in [0, 0.05) is 25.4 Å². The summed E-state index contributed by atoms with van der Waals surface area (Å²) in [5.74, 6) is 0. The Hall–Kier alpha value is -0.550. The van der Waals surface area contributed by atoms with Gasteiger partial charge in [-0.3, -0.25) is 4.98 Å². The number of halogens is 2. The number of fused-ring (bicyclic) bond motifs is 1. The van der Waals surface area contributed by atoms with Crippen molar-refractivity contribution in [1.82, 2.24) is 4.98 Å². The van der Waals surface area contributed by atoms with Crippen LogP contribution in [-0.2, 0) is 6.42 Å². The number of rotatable bonds is 1. The Morgan fingerprint density at radius 3 is 2.80 bits per heavy atom. The molecule has 1 aromatic carbocycles. The molecule has 0 spiro atoms. The highest BCUT2D eigenvalue weighted by Gasteiger charge is 2.07. The van der Waals surface area contributed by atoms with Gasteiger partial charge in [0.05, 0.1) is 5.52 Å². The maximum Gasteiger partial charge on any atom is 0.0860 e. The Morgan fingerprint density at radius 1 is 1.40 bits per heavy atom. The Kier molecular flexibility index (Phi) is 3.02. The van der Waals surface area contributed by atoms with E-state index >= 15 is 0 Å². The molecule has 2 aromatic rings. The number of hydrogen-bond donors (Lipinski definition) is 1. The van der Waals surface area contributed by atoms with Crippen LogP contribution in [-0.4, -0.2) is 4.98 Å². The second-order valence-electron chi connectivity index (χ2n) is 3.34. The van der Waals surface area contributed by atoms with Crippen molar-refractivity contribution in [1.29, 1.82) is 0 Å². The van der Waals surface area contributed by atoms with Crippen LogP contribution in [0.15, 0.2) is 18.2 Å². The van der Waals surface area contributed by atoms with Crippen LogP contribution in [0.5, 0.6) is 0 Å². The topological polar surface area (TPSA) is 38.9 Å². The van der Waals surface area contributed by atoms with Gasteiger partial charge in [0.15, 0.2) is 0 Å². The first-order chi connectivity index (χ1) is 7.11. The molecule has 0 bridgehead atoms. The number of pyridine rings is 1. The molecule has 2 N–H and O–H groups in total. The summed E-state index contributed by atoms with van der Waals surface area (Å²) in [6.45, 7) is 2.07. The highest BCUT2D eigenvalue weighted by Crippen LogP contribution is 2.28. The number of nitrogen functional groups attached to an aromatic ring is 1. The molecule has 1 heterocycles. The molecule has 0 fully saturated rings. The second-order valence-corrected chi connectivity index (χ2v) is 4.94. The molecule has 2 nitrogen and oxygen atoms in total. The van der Waals surface area contributed by atoms with Gasteiger partial charge in [-0.25, -0.2) is 0 Å². The van der Waals surface area contributed by atoms with Crippen LogP contribution in [0.1, 0.15) is 12.6 Å². The van der Waals surface area contributed by atoms with Crippen LogP contribution in [0, 0.1) is 3.57 Å². The molecule has 0 saturated heterocycles. The lowest BCUT2D eigenvalue weighted by molar-refractivity contribution is 1.06. The molecule has 0 aliphatic carbocycles. The van der Waals surface area contributed by atoms with Crippen LogP contribution < -0.4 is 5.73 Å². The third-order valence-corrected chi connectivity index (χ3v) is 3.32. The average molecular weight is 333 g/mol. The summed E-state index contributed by atoms with van der Waals surface area (Å²) in [6.07, 6.45) is 0.888. The van der Waals surface area contributed by atoms with Crippen molar-refractivity contribution in [3.05, 3.63) is 32.5 Å². The van der Waals surface area contributed by atoms with E-state index in [1.54, 1.807) is 0 Å². The third kappa shape index (κ3) is 2.03. The Morgan fingerprint density at radius 2 is 2.13 bits per heavy atom. The molecule has 0 aliphatic heterocycles. The molecule has 0 saturated carbocycles. The van der Waals surface area contributed by atoms with Gasteiger partial charge >= 0.3 is 0 Å². The van der Waals surface area contributed by atoms with E-state index in [0.29, 0.717) is 5.02 Å². The van der Waals surface area contributed by atoms with Crippen LogP contribution in [0.3, 0.4) is 0 Å². The van der Waals surface area contributed by atoms with Gasteiger partial charge in [-0.05, 0) is 47.2 Å². The molecule has 0 atom stereocenters. The number of benzene rings is 1. The molecule has 78 valence electrons. The zero-order valence-corrected chi connectivity index (χ0v) is 11.1. The minimum absolute atomic E-state index is 0.699. The minimum atomic E-state index is 0.699. The quantitative estimate of drug-likeness (QED) is 0.810. The molecule has 0 radical (unpaired) electrons. The summed E-state index contributed by atoms with van der Waals surface area (Å²) < 4.78 is 1.04. The molecule has 2 rings (SSSR count). The van der Waals surface area contributed by atoms with Crippen LogP contribution in [0.25, 0.3) is 10.9 Å². The monoisotopic (exact) mass is 332 g/mol. The first-order valence-corrected chi connectivity index (χ1v) is 6.11. The zero-order chi connectivity index (χ0) is 11.0. The fourth-order valence-corrected chi connectivity index (χ4v) is 2.66. The number of nitrogens with two attached hydrogens (primary N) is 1. The first-order valence-electron chi connectivity index (χ1n) is 4.66. The van der Waals surface area contributed by atoms with E-state index < -0.39 is 0 Å². The predicted octanol–water partition coefficient (Wildman–Crippen LogP) is 3.64. The van der Waals surface area contributed by atoms with Crippen molar-refractivity contribution < 1.29 is 0 Å². The first kappa shape index (κ1) is 11.0. The van der Waals surface area contributed by atoms with E-state index in [1.807, 2.05) is 18.2 Å². The average Bonchev–Trinajstić information content (AvgIpc) is 2.19. The normalized spacial score (nSPS) is 10.9. The number of nitrogens with zero attached hydrogens (tertiary/aromatic N) is 1. The van der Waals surface area contributed by atoms with Crippen molar-refractivity contribution in [2.75, 3.05) is 5.73 Å². The van der Waals surface area contributed by atoms with Crippen molar-refractivity contribution in [2.45, 2.75) is 13.3 Å². The molecular formula is C11H10ClIN2. The number of aryl methyl sites for hydroxylation is 1. The van der Waals surface area contributed by atoms with Crippen molar-refractivity contribution in [3.63, 3.8) is 0 Å². The number of hydrogen-bond acceptors (Lipinski definition) is 2. The van der Waals surface area contributed by atoms with Gasteiger partial charge in [0.2, 0.25) is 0 Å². The molecule has 0 amide bonds. The largest absolute Gasteiger partial charge is 0.398 e. The van der Waals surface area contributed by atoms with Gasteiger partial charge in [-0.1, -0.05) is 18.5 Å². The summed E-state index contributed by atoms with van der Waals surface area (Å²) >= 11 is 8.21. The standard InChI is InChI=1S/C11H10ClIN2/c1-2-7-5-10(14)8-3-6(12)4-9(13)11(8)15-7/h3-5H,2H2,1H3,(H2,14,15). The lowest BCUT2D eigenvalue weighted by atomic mass is 10.1. The summed E-state index contributed by atoms with van der Waals surface area (Å²) in [4.78, 5) is 4.55. The lowest BCUT2D eigenvalue weighted by Crippen LogP contribution is -1.96. The van der Waals surface area contributed by atoms with Crippen molar-refractivity contribution >= 4 is 50.8 Å². The summed E-state index contributed by atoms with van der Waals surface area (Å²) in [6, 6.07) is 5.67. The second kappa shape index (κ2) is 4.14. The molecule has 0 aliphatic rings. The van der Waals surface area contributed by atoms with Gasteiger partial charge in [-0.15, -0.1) is 0 Å². The van der Waals surface area contributed by atoms with Gasteiger partial charge in [-0.2, -0.15) is 0 Å². The Labute approximate surface area is 107 Å². The smallest absolute Gasteiger partial charge is 0.0860 e. The third-order valence-electron chi connectivity index (χ3n) is 2.28. The van der Waals surface area contributed by atoms with E-state index in [9.17, 15) is 0 Å². The Bertz CT molecular complexity index is 525. The zero-order valence-electron chi connectivity index (χ0n) is 8.22. The van der Waals surface area contributed by atoms with Crippen LogP contribution >= 0.6 is 34.2 Å². The predicted molar refractivity (Wildman–Crippen MR) is 73.3 cm³/mol. The maximum atomic E-state index is 5.98. The summed E-state index contributed by atoms with van der Waals surface area (Å²) in [5, 5.41) is 1.63. The Balaban J connectivity index is 2.85. The van der Waals surface area contributed by atoms with E-state index in [1.165, 1.54) is 0 Å². The van der Waals surface area contributed by atoms with E-state index in [4.69, 9.17) is 17.3 Å². The van der Waals surface area contributed by atoms with Gasteiger partial charge < -0.3 is 5.73 Å². The van der Waals surface area contributed by atoms with E-state index in [2.05, 4.69) is 34.5 Å². The molecule has 0 unspecified atom stereocenters. The molecular weight excluding hydrogens is 322 g/mol. The highest BCUT2D eigenvalue weighted by atomic mass is 127. The highest BCUT2D eigenvalue weighted by molar-refractivity contribution is 14.1. The van der Waals surface area contributed by atoms with Gasteiger partial charge in [0.1, 0.15) is 0 Å². The molecule has 1 aromatic heterocycles. The maximum absolute atomic E-state index is 5.98. The summed E-state index contributed by atoms with van der Waals surface area (Å²) in [7, 11) is 0. The molecule has 15 heavy (non-hydrogen) atoms. The fraction of sp³-hybridized carbons (Fsp3) is 0.182. The van der Waals surface area contributed by atoms with Crippen molar-refractivity contribution in [2.24, 2.45) is 0 Å². The number of anilines is 1. The summed E-state index contributed by atoms with van der Waals surface area (Å²) in [5.41, 5.74) is 8.67. The SMILES string of the molecule is CCc1cc(N)c2cc(Cl)cc(I)c2n1. The van der Waals surface area contributed by atoms with Gasteiger partial charge in [0.25, 0.3) is 0 Å². The minimum Gasteiger partial charge on any atom is -0.398 e. The van der Waals surface area contributed by atoms with E-state index in [-0.39, 0.29) is 0 Å². The number of aromatic nitrogens is 1. The van der Waals surface area contributed by atoms with Crippen LogP contribution in [0.2, 0.25) is 5.02 Å².